The highest BCUT2D eigenvalue weighted by atomic mass is 32.2. The maximum atomic E-state index is 12.8. The second-order valence-corrected chi connectivity index (χ2v) is 10.1. The van der Waals surface area contributed by atoms with Crippen LogP contribution in [0.25, 0.3) is 6.08 Å². The molecule has 7 heteroatoms. The van der Waals surface area contributed by atoms with E-state index in [0.717, 1.165) is 43.9 Å². The Hall–Kier alpha value is -3.29. The van der Waals surface area contributed by atoms with E-state index in [4.69, 9.17) is 9.57 Å². The van der Waals surface area contributed by atoms with Gasteiger partial charge >= 0.3 is 5.97 Å². The topological polar surface area (TPSA) is 65.0 Å². The van der Waals surface area contributed by atoms with Gasteiger partial charge in [-0.25, -0.2) is 4.79 Å². The Morgan fingerprint density at radius 3 is 2.34 bits per heavy atom. The SMILES string of the molecule is CCCC/C(=N\OC(C)=O)C(=O)c1ccc(Sc2ccc(/C=C3\Oc4ccccc4S3)cc2)cc1. The van der Waals surface area contributed by atoms with Crippen molar-refractivity contribution >= 4 is 47.1 Å². The van der Waals surface area contributed by atoms with Crippen LogP contribution in [0.4, 0.5) is 0 Å². The van der Waals surface area contributed by atoms with Gasteiger partial charge in [0, 0.05) is 22.3 Å². The summed E-state index contributed by atoms with van der Waals surface area (Å²) in [6.45, 7) is 3.30. The summed E-state index contributed by atoms with van der Waals surface area (Å²) < 4.78 is 5.89. The van der Waals surface area contributed by atoms with Crippen LogP contribution >= 0.6 is 23.5 Å². The minimum atomic E-state index is -0.541. The van der Waals surface area contributed by atoms with E-state index in [0.29, 0.717) is 12.0 Å². The summed E-state index contributed by atoms with van der Waals surface area (Å²) in [6, 6.07) is 23.7. The molecule has 0 spiro atoms. The van der Waals surface area contributed by atoms with Gasteiger partial charge < -0.3 is 9.57 Å². The highest BCUT2D eigenvalue weighted by Crippen LogP contribution is 2.43. The third-order valence-corrected chi connectivity index (χ3v) is 7.08. The van der Waals surface area contributed by atoms with Crippen LogP contribution in [-0.4, -0.2) is 17.5 Å². The quantitative estimate of drug-likeness (QED) is 0.130. The number of carbonyl (C=O) groups excluding carboxylic acids is 2. The van der Waals surface area contributed by atoms with Crippen molar-refractivity contribution < 1.29 is 19.2 Å². The van der Waals surface area contributed by atoms with Crippen LogP contribution in [0, 0.1) is 0 Å². The Labute approximate surface area is 213 Å². The van der Waals surface area contributed by atoms with Gasteiger partial charge in [-0.05, 0) is 84.8 Å². The minimum absolute atomic E-state index is 0.220. The van der Waals surface area contributed by atoms with Gasteiger partial charge in [-0.3, -0.25) is 4.79 Å². The predicted molar refractivity (Wildman–Crippen MR) is 141 cm³/mol. The van der Waals surface area contributed by atoms with Gasteiger partial charge in [0.25, 0.3) is 0 Å². The lowest BCUT2D eigenvalue weighted by molar-refractivity contribution is -0.140. The second kappa shape index (κ2) is 11.9. The second-order valence-electron chi connectivity index (χ2n) is 7.86. The molecule has 0 unspecified atom stereocenters. The summed E-state index contributed by atoms with van der Waals surface area (Å²) in [5.41, 5.74) is 1.85. The number of oxime groups is 1. The number of hydrogen-bond donors (Lipinski definition) is 0. The maximum Gasteiger partial charge on any atom is 0.331 e. The Balaban J connectivity index is 1.38. The zero-order chi connectivity index (χ0) is 24.6. The van der Waals surface area contributed by atoms with Crippen molar-refractivity contribution in [2.75, 3.05) is 0 Å². The molecule has 35 heavy (non-hydrogen) atoms. The lowest BCUT2D eigenvalue weighted by Crippen LogP contribution is -2.15. The molecule has 0 amide bonds. The normalized spacial score (nSPS) is 13.9. The monoisotopic (exact) mass is 503 g/mol. The van der Waals surface area contributed by atoms with Gasteiger partial charge in [0.1, 0.15) is 11.5 Å². The van der Waals surface area contributed by atoms with Crippen LogP contribution in [0.15, 0.2) is 97.7 Å². The molecule has 0 bridgehead atoms. The van der Waals surface area contributed by atoms with Crippen molar-refractivity contribution in [2.45, 2.75) is 47.8 Å². The summed E-state index contributed by atoms with van der Waals surface area (Å²) in [4.78, 5) is 31.9. The summed E-state index contributed by atoms with van der Waals surface area (Å²) in [6.07, 6.45) is 4.21. The summed E-state index contributed by atoms with van der Waals surface area (Å²) in [5, 5.41) is 4.64. The van der Waals surface area contributed by atoms with Gasteiger partial charge in [-0.1, -0.05) is 54.5 Å². The van der Waals surface area contributed by atoms with Crippen LogP contribution in [0.3, 0.4) is 0 Å². The van der Waals surface area contributed by atoms with E-state index < -0.39 is 5.97 Å². The van der Waals surface area contributed by atoms with E-state index in [1.807, 2.05) is 43.3 Å². The fourth-order valence-corrected chi connectivity index (χ4v) is 5.04. The number of unbranched alkanes of at least 4 members (excludes halogenated alkanes) is 1. The molecule has 4 rings (SSSR count). The summed E-state index contributed by atoms with van der Waals surface area (Å²) >= 11 is 3.24. The molecule has 0 saturated heterocycles. The van der Waals surface area contributed by atoms with Gasteiger partial charge in [0.2, 0.25) is 5.78 Å². The third kappa shape index (κ3) is 6.87. The van der Waals surface area contributed by atoms with E-state index in [9.17, 15) is 9.59 Å². The number of rotatable bonds is 9. The van der Waals surface area contributed by atoms with E-state index in [-0.39, 0.29) is 11.5 Å². The predicted octanol–water partition coefficient (Wildman–Crippen LogP) is 7.61. The first kappa shape index (κ1) is 24.8. The van der Waals surface area contributed by atoms with Crippen molar-refractivity contribution in [3.63, 3.8) is 0 Å². The minimum Gasteiger partial charge on any atom is -0.449 e. The van der Waals surface area contributed by atoms with Crippen molar-refractivity contribution in [1.29, 1.82) is 0 Å². The Morgan fingerprint density at radius 1 is 1.00 bits per heavy atom. The standard InChI is InChI=1S/C28H25NO4S2/c1-3-4-7-24(29-33-19(2)30)28(31)21-12-16-23(17-13-21)34-22-14-10-20(11-15-22)18-27-32-25-8-5-6-9-26(25)35-27/h5-6,8-18H,3-4,7H2,1-2H3/b27-18+,29-24+. The first-order valence-corrected chi connectivity index (χ1v) is 13.0. The van der Waals surface area contributed by atoms with E-state index in [2.05, 4.69) is 35.5 Å². The number of fused-ring (bicyclic) bond motifs is 1. The van der Waals surface area contributed by atoms with Crippen LogP contribution in [0.1, 0.15) is 49.0 Å². The molecule has 0 aliphatic carbocycles. The van der Waals surface area contributed by atoms with Crippen LogP contribution < -0.4 is 4.74 Å². The largest absolute Gasteiger partial charge is 0.449 e. The fraction of sp³-hybridized carbons (Fsp3) is 0.179. The number of Topliss-reactive ketones (excluding diaryl/α,β-unsaturated/α-hetero) is 1. The molecule has 1 aliphatic heterocycles. The average Bonchev–Trinajstić information content (AvgIpc) is 3.27. The molecule has 3 aromatic carbocycles. The maximum absolute atomic E-state index is 12.8. The molecule has 3 aromatic rings. The number of benzene rings is 3. The number of ether oxygens (including phenoxy) is 1. The molecule has 5 nitrogen and oxygen atoms in total. The van der Waals surface area contributed by atoms with Gasteiger partial charge in [-0.2, -0.15) is 0 Å². The first-order chi connectivity index (χ1) is 17.0. The highest BCUT2D eigenvalue weighted by Gasteiger charge is 2.17. The van der Waals surface area contributed by atoms with Crippen LogP contribution in [0.5, 0.6) is 5.75 Å². The number of nitrogens with zero attached hydrogens (tertiary/aromatic N) is 1. The third-order valence-electron chi connectivity index (χ3n) is 5.10. The van der Waals surface area contributed by atoms with E-state index in [1.54, 1.807) is 35.7 Å². The summed E-state index contributed by atoms with van der Waals surface area (Å²) in [7, 11) is 0. The Morgan fingerprint density at radius 2 is 1.69 bits per heavy atom. The molecule has 0 atom stereocenters. The molecule has 1 aliphatic rings. The van der Waals surface area contributed by atoms with Crippen molar-refractivity contribution in [1.82, 2.24) is 0 Å². The molecule has 0 saturated carbocycles. The molecular formula is C28H25NO4S2. The lowest BCUT2D eigenvalue weighted by atomic mass is 10.0. The fourth-order valence-electron chi connectivity index (χ4n) is 3.32. The highest BCUT2D eigenvalue weighted by molar-refractivity contribution is 8.03. The van der Waals surface area contributed by atoms with Crippen LogP contribution in [-0.2, 0) is 9.63 Å². The van der Waals surface area contributed by atoms with Crippen molar-refractivity contribution in [3.05, 3.63) is 89.0 Å². The molecule has 178 valence electrons. The average molecular weight is 504 g/mol. The smallest absolute Gasteiger partial charge is 0.331 e. The Kier molecular flexibility index (Phi) is 8.45. The molecule has 1 heterocycles. The van der Waals surface area contributed by atoms with E-state index >= 15 is 0 Å². The van der Waals surface area contributed by atoms with Crippen molar-refractivity contribution in [2.24, 2.45) is 5.16 Å². The molecule has 0 N–H and O–H groups in total. The van der Waals surface area contributed by atoms with Crippen LogP contribution in [0.2, 0.25) is 0 Å². The molecule has 0 fully saturated rings. The van der Waals surface area contributed by atoms with Gasteiger partial charge in [0.05, 0.1) is 4.90 Å². The number of hydrogen-bond acceptors (Lipinski definition) is 7. The zero-order valence-electron chi connectivity index (χ0n) is 19.5. The molecular weight excluding hydrogens is 478 g/mol. The first-order valence-electron chi connectivity index (χ1n) is 11.4. The Bertz CT molecular complexity index is 1240. The number of para-hydroxylation sites is 1. The van der Waals surface area contributed by atoms with Gasteiger partial charge in [-0.15, -0.1) is 0 Å². The van der Waals surface area contributed by atoms with Gasteiger partial charge in [0.15, 0.2) is 5.09 Å². The summed E-state index contributed by atoms with van der Waals surface area (Å²) in [5.74, 6) is 0.135. The molecule has 0 radical (unpaired) electrons. The zero-order valence-corrected chi connectivity index (χ0v) is 21.2. The van der Waals surface area contributed by atoms with Crippen molar-refractivity contribution in [3.8, 4) is 5.75 Å². The number of ketones is 1. The lowest BCUT2D eigenvalue weighted by Gasteiger charge is -2.07. The molecule has 0 aromatic heterocycles. The number of thioether (sulfide) groups is 1. The number of carbonyl (C=O) groups is 2. The van der Waals surface area contributed by atoms with E-state index in [1.165, 1.54) is 6.92 Å².